The Balaban J connectivity index is 0.00000261. The molecule has 1 aromatic carbocycles. The van der Waals surface area contributed by atoms with Gasteiger partial charge in [-0.05, 0) is 49.8 Å². The second-order valence-electron chi connectivity index (χ2n) is 7.16. The molecule has 1 atom stereocenters. The number of amides is 2. The molecule has 2 aliphatic rings. The Labute approximate surface area is 171 Å². The van der Waals surface area contributed by atoms with Crippen LogP contribution < -0.4 is 15.8 Å². The van der Waals surface area contributed by atoms with Crippen LogP contribution in [0.4, 0.5) is 0 Å². The Morgan fingerprint density at radius 1 is 1.30 bits per heavy atom. The van der Waals surface area contributed by atoms with E-state index < -0.39 is 0 Å². The van der Waals surface area contributed by atoms with Crippen LogP contribution in [0.1, 0.15) is 36.0 Å². The van der Waals surface area contributed by atoms with Gasteiger partial charge < -0.3 is 20.7 Å². The van der Waals surface area contributed by atoms with Crippen LogP contribution in [0.3, 0.4) is 0 Å². The van der Waals surface area contributed by atoms with Gasteiger partial charge >= 0.3 is 0 Å². The maximum Gasteiger partial charge on any atom is 0.257 e. The number of carbonyl (C=O) groups excluding carboxylic acids is 2. The monoisotopic (exact) mass is 415 g/mol. The SMILES string of the molecule is COc1ccc(Cl)cc1C(=O)N1CCC(C(=O)NCC(N)C2CC2)CC1.Cl. The third-order valence-corrected chi connectivity index (χ3v) is 5.52. The number of nitrogens with one attached hydrogen (secondary N) is 1. The minimum Gasteiger partial charge on any atom is -0.496 e. The van der Waals surface area contributed by atoms with Crippen LogP contribution in [0.5, 0.6) is 5.75 Å². The van der Waals surface area contributed by atoms with Crippen LogP contribution in [0.2, 0.25) is 5.02 Å². The summed E-state index contributed by atoms with van der Waals surface area (Å²) in [6, 6.07) is 5.08. The molecule has 1 saturated carbocycles. The number of benzene rings is 1. The zero-order chi connectivity index (χ0) is 18.7. The molecule has 0 bridgehead atoms. The predicted octanol–water partition coefficient (Wildman–Crippen LogP) is 2.48. The number of hydrogen-bond acceptors (Lipinski definition) is 4. The first kappa shape index (κ1) is 21.8. The fourth-order valence-electron chi connectivity index (χ4n) is 3.42. The number of methoxy groups -OCH3 is 1. The molecule has 6 nitrogen and oxygen atoms in total. The molecule has 27 heavy (non-hydrogen) atoms. The average Bonchev–Trinajstić information content (AvgIpc) is 3.50. The minimum absolute atomic E-state index is 0. The molecular weight excluding hydrogens is 389 g/mol. The van der Waals surface area contributed by atoms with Crippen molar-refractivity contribution in [2.45, 2.75) is 31.7 Å². The predicted molar refractivity (Wildman–Crippen MR) is 108 cm³/mol. The van der Waals surface area contributed by atoms with E-state index in [1.54, 1.807) is 23.1 Å². The lowest BCUT2D eigenvalue weighted by molar-refractivity contribution is -0.126. The van der Waals surface area contributed by atoms with Crippen LogP contribution in [0.15, 0.2) is 18.2 Å². The fraction of sp³-hybridized carbons (Fsp3) is 0.579. The van der Waals surface area contributed by atoms with Crippen molar-refractivity contribution < 1.29 is 14.3 Å². The van der Waals surface area contributed by atoms with Crippen molar-refractivity contribution in [1.29, 1.82) is 0 Å². The zero-order valence-electron chi connectivity index (χ0n) is 15.4. The van der Waals surface area contributed by atoms with Gasteiger partial charge in [0, 0.05) is 36.6 Å². The molecule has 1 saturated heterocycles. The normalized spacial score (nSPS) is 18.4. The van der Waals surface area contributed by atoms with E-state index >= 15 is 0 Å². The fourth-order valence-corrected chi connectivity index (χ4v) is 3.59. The van der Waals surface area contributed by atoms with Gasteiger partial charge in [-0.2, -0.15) is 0 Å². The van der Waals surface area contributed by atoms with Gasteiger partial charge in [0.25, 0.3) is 5.91 Å². The Kier molecular flexibility index (Phi) is 7.77. The number of nitrogens with zero attached hydrogens (tertiary/aromatic N) is 1. The minimum atomic E-state index is -0.112. The summed E-state index contributed by atoms with van der Waals surface area (Å²) in [6.07, 6.45) is 3.65. The highest BCUT2D eigenvalue weighted by atomic mass is 35.5. The van der Waals surface area contributed by atoms with E-state index in [0.29, 0.717) is 54.7 Å². The van der Waals surface area contributed by atoms with Crippen LogP contribution in [-0.2, 0) is 4.79 Å². The molecule has 0 radical (unpaired) electrons. The summed E-state index contributed by atoms with van der Waals surface area (Å²) in [7, 11) is 1.53. The standard InChI is InChI=1S/C19H26ClN3O3.ClH/c1-26-17-5-4-14(20)10-15(17)19(25)23-8-6-13(7-9-23)18(24)22-11-16(21)12-2-3-12;/h4-5,10,12-13,16H,2-3,6-9,11,21H2,1H3,(H,22,24);1H. The lowest BCUT2D eigenvalue weighted by atomic mass is 9.95. The van der Waals surface area contributed by atoms with Crippen molar-refractivity contribution in [3.05, 3.63) is 28.8 Å². The summed E-state index contributed by atoms with van der Waals surface area (Å²) in [4.78, 5) is 26.9. The molecule has 3 N–H and O–H groups in total. The first-order valence-electron chi connectivity index (χ1n) is 9.15. The topological polar surface area (TPSA) is 84.7 Å². The van der Waals surface area contributed by atoms with Crippen molar-refractivity contribution in [3.8, 4) is 5.75 Å². The molecule has 0 spiro atoms. The largest absolute Gasteiger partial charge is 0.496 e. The average molecular weight is 416 g/mol. The first-order valence-corrected chi connectivity index (χ1v) is 9.53. The lowest BCUT2D eigenvalue weighted by Crippen LogP contribution is -2.45. The van der Waals surface area contributed by atoms with Crippen LogP contribution in [0, 0.1) is 11.8 Å². The van der Waals surface area contributed by atoms with Gasteiger partial charge in [0.05, 0.1) is 12.7 Å². The number of rotatable bonds is 6. The molecule has 3 rings (SSSR count). The zero-order valence-corrected chi connectivity index (χ0v) is 17.0. The molecule has 0 aromatic heterocycles. The van der Waals surface area contributed by atoms with Gasteiger partial charge in [0.1, 0.15) is 5.75 Å². The van der Waals surface area contributed by atoms with Crippen molar-refractivity contribution >= 4 is 35.8 Å². The van der Waals surface area contributed by atoms with E-state index in [9.17, 15) is 9.59 Å². The quantitative estimate of drug-likeness (QED) is 0.746. The summed E-state index contributed by atoms with van der Waals surface area (Å²) >= 11 is 6.02. The number of ether oxygens (including phenoxy) is 1. The van der Waals surface area contributed by atoms with Crippen molar-refractivity contribution in [3.63, 3.8) is 0 Å². The Morgan fingerprint density at radius 3 is 2.56 bits per heavy atom. The van der Waals surface area contributed by atoms with E-state index in [0.717, 1.165) is 0 Å². The summed E-state index contributed by atoms with van der Waals surface area (Å²) in [5, 5.41) is 3.47. The van der Waals surface area contributed by atoms with Gasteiger partial charge in [0.2, 0.25) is 5.91 Å². The maximum atomic E-state index is 12.8. The smallest absolute Gasteiger partial charge is 0.257 e. The number of carbonyl (C=O) groups is 2. The number of likely N-dealkylation sites (tertiary alicyclic amines) is 1. The summed E-state index contributed by atoms with van der Waals surface area (Å²) in [6.45, 7) is 1.63. The highest BCUT2D eigenvalue weighted by molar-refractivity contribution is 6.31. The molecule has 150 valence electrons. The summed E-state index contributed by atoms with van der Waals surface area (Å²) < 4.78 is 5.27. The third-order valence-electron chi connectivity index (χ3n) is 5.28. The van der Waals surface area contributed by atoms with E-state index in [1.807, 2.05) is 0 Å². The van der Waals surface area contributed by atoms with Gasteiger partial charge in [-0.3, -0.25) is 9.59 Å². The summed E-state index contributed by atoms with van der Waals surface area (Å²) in [5.74, 6) is 0.954. The number of nitrogens with two attached hydrogens (primary N) is 1. The molecule has 8 heteroatoms. The van der Waals surface area contributed by atoms with Gasteiger partial charge in [-0.1, -0.05) is 11.6 Å². The Morgan fingerprint density at radius 2 is 1.96 bits per heavy atom. The second-order valence-corrected chi connectivity index (χ2v) is 7.59. The van der Waals surface area contributed by atoms with Gasteiger partial charge in [-0.25, -0.2) is 0 Å². The van der Waals surface area contributed by atoms with Crippen molar-refractivity contribution in [1.82, 2.24) is 10.2 Å². The molecule has 2 fully saturated rings. The number of piperidine rings is 1. The Bertz CT molecular complexity index is 674. The Hall–Kier alpha value is -1.50. The van der Waals surface area contributed by atoms with E-state index in [4.69, 9.17) is 22.1 Å². The number of halogens is 2. The van der Waals surface area contributed by atoms with Crippen molar-refractivity contribution in [2.75, 3.05) is 26.7 Å². The number of hydrogen-bond donors (Lipinski definition) is 2. The third kappa shape index (κ3) is 5.50. The van der Waals surface area contributed by atoms with E-state index in [1.165, 1.54) is 20.0 Å². The van der Waals surface area contributed by atoms with Crippen molar-refractivity contribution in [2.24, 2.45) is 17.6 Å². The summed E-state index contributed by atoms with van der Waals surface area (Å²) in [5.41, 5.74) is 6.49. The van der Waals surface area contributed by atoms with Crippen LogP contribution in [0.25, 0.3) is 0 Å². The van der Waals surface area contributed by atoms with Gasteiger partial charge in [0.15, 0.2) is 0 Å². The van der Waals surface area contributed by atoms with Crippen LogP contribution >= 0.6 is 24.0 Å². The maximum absolute atomic E-state index is 12.8. The molecule has 1 aliphatic heterocycles. The van der Waals surface area contributed by atoms with E-state index in [2.05, 4.69) is 5.32 Å². The van der Waals surface area contributed by atoms with Gasteiger partial charge in [-0.15, -0.1) is 12.4 Å². The molecule has 1 aliphatic carbocycles. The lowest BCUT2D eigenvalue weighted by Gasteiger charge is -2.32. The van der Waals surface area contributed by atoms with E-state index in [-0.39, 0.29) is 36.2 Å². The molecular formula is C19H27Cl2N3O3. The first-order chi connectivity index (χ1) is 12.5. The molecule has 1 aromatic rings. The molecule has 2 amide bonds. The molecule has 1 heterocycles. The highest BCUT2D eigenvalue weighted by Crippen LogP contribution is 2.31. The van der Waals surface area contributed by atoms with Crippen LogP contribution in [-0.4, -0.2) is 49.5 Å². The molecule has 1 unspecified atom stereocenters. The second kappa shape index (κ2) is 9.62. The highest BCUT2D eigenvalue weighted by Gasteiger charge is 2.31.